The number of nitrogens with zero attached hydrogens (tertiary/aromatic N) is 1. The molecule has 1 aromatic heterocycles. The summed E-state index contributed by atoms with van der Waals surface area (Å²) in [5.41, 5.74) is 6.20. The normalized spacial score (nSPS) is 10.5. The van der Waals surface area contributed by atoms with Crippen LogP contribution in [-0.2, 0) is 6.54 Å². The average Bonchev–Trinajstić information content (AvgIpc) is 2.33. The first kappa shape index (κ1) is 12.0. The second kappa shape index (κ2) is 5.25. The molecule has 0 saturated heterocycles. The molecule has 0 aliphatic heterocycles. The maximum absolute atomic E-state index is 13.4. The van der Waals surface area contributed by atoms with Crippen LogP contribution in [-0.4, -0.2) is 4.98 Å². The minimum Gasteiger partial charge on any atom is -0.325 e. The lowest BCUT2D eigenvalue weighted by molar-refractivity contribution is 0.565. The molecule has 5 heteroatoms. The molecule has 0 aliphatic rings. The summed E-state index contributed by atoms with van der Waals surface area (Å²) in [6.07, 6.45) is 1.62. The third-order valence-electron chi connectivity index (χ3n) is 2.12. The zero-order chi connectivity index (χ0) is 12.3. The van der Waals surface area contributed by atoms with E-state index in [-0.39, 0.29) is 0 Å². The quantitative estimate of drug-likeness (QED) is 0.912. The molecule has 2 N–H and O–H groups in total. The molecule has 0 atom stereocenters. The summed E-state index contributed by atoms with van der Waals surface area (Å²) in [6.45, 7) is 0.334. The van der Waals surface area contributed by atoms with Crippen LogP contribution < -0.4 is 5.73 Å². The number of aromatic nitrogens is 1. The van der Waals surface area contributed by atoms with Crippen LogP contribution in [0.2, 0.25) is 0 Å². The number of hydrogen-bond donors (Lipinski definition) is 1. The standard InChI is InChI=1S/C12H10F2N2S/c13-8-1-2-12(11(14)5-8)17-10-3-4-16-9(6-10)7-15/h1-6H,7,15H2. The highest BCUT2D eigenvalue weighted by atomic mass is 32.2. The lowest BCUT2D eigenvalue weighted by atomic mass is 10.3. The Morgan fingerprint density at radius 1 is 1.18 bits per heavy atom. The van der Waals surface area contributed by atoms with Crippen molar-refractivity contribution in [3.63, 3.8) is 0 Å². The molecule has 0 unspecified atom stereocenters. The number of halogens is 2. The van der Waals surface area contributed by atoms with Crippen molar-refractivity contribution >= 4 is 11.8 Å². The lowest BCUT2D eigenvalue weighted by Crippen LogP contribution is -1.98. The van der Waals surface area contributed by atoms with Gasteiger partial charge in [0.05, 0.1) is 5.69 Å². The van der Waals surface area contributed by atoms with Crippen LogP contribution in [0.5, 0.6) is 0 Å². The van der Waals surface area contributed by atoms with Crippen molar-refractivity contribution in [3.05, 3.63) is 53.9 Å². The van der Waals surface area contributed by atoms with Gasteiger partial charge < -0.3 is 5.73 Å². The van der Waals surface area contributed by atoms with Gasteiger partial charge in [-0.25, -0.2) is 8.78 Å². The molecule has 17 heavy (non-hydrogen) atoms. The molecular weight excluding hydrogens is 242 g/mol. The van der Waals surface area contributed by atoms with Gasteiger partial charge in [-0.3, -0.25) is 4.98 Å². The van der Waals surface area contributed by atoms with Crippen LogP contribution in [0.3, 0.4) is 0 Å². The van der Waals surface area contributed by atoms with Gasteiger partial charge in [-0.05, 0) is 24.3 Å². The smallest absolute Gasteiger partial charge is 0.140 e. The van der Waals surface area contributed by atoms with E-state index in [2.05, 4.69) is 4.98 Å². The largest absolute Gasteiger partial charge is 0.325 e. The van der Waals surface area contributed by atoms with Crippen LogP contribution in [0, 0.1) is 11.6 Å². The number of pyridine rings is 1. The van der Waals surface area contributed by atoms with E-state index in [0.29, 0.717) is 11.4 Å². The second-order valence-corrected chi connectivity index (χ2v) is 4.48. The number of nitrogens with two attached hydrogens (primary N) is 1. The molecular formula is C12H10F2N2S. The Morgan fingerprint density at radius 3 is 2.71 bits per heavy atom. The van der Waals surface area contributed by atoms with Crippen molar-refractivity contribution in [3.8, 4) is 0 Å². The van der Waals surface area contributed by atoms with E-state index in [9.17, 15) is 8.78 Å². The van der Waals surface area contributed by atoms with Gasteiger partial charge in [0, 0.05) is 28.6 Å². The van der Waals surface area contributed by atoms with Gasteiger partial charge in [-0.2, -0.15) is 0 Å². The molecule has 0 aliphatic carbocycles. The van der Waals surface area contributed by atoms with E-state index >= 15 is 0 Å². The summed E-state index contributed by atoms with van der Waals surface area (Å²) < 4.78 is 26.1. The average molecular weight is 252 g/mol. The van der Waals surface area contributed by atoms with E-state index in [4.69, 9.17) is 5.73 Å². The summed E-state index contributed by atoms with van der Waals surface area (Å²) in [5, 5.41) is 0. The summed E-state index contributed by atoms with van der Waals surface area (Å²) >= 11 is 1.22. The van der Waals surface area contributed by atoms with Gasteiger partial charge in [0.15, 0.2) is 0 Å². The first-order valence-electron chi connectivity index (χ1n) is 4.97. The second-order valence-electron chi connectivity index (χ2n) is 3.36. The molecule has 2 nitrogen and oxygen atoms in total. The Bertz CT molecular complexity index is 532. The third-order valence-corrected chi connectivity index (χ3v) is 3.16. The van der Waals surface area contributed by atoms with E-state index < -0.39 is 11.6 Å². The Labute approximate surface area is 102 Å². The van der Waals surface area contributed by atoms with Gasteiger partial charge in [0.25, 0.3) is 0 Å². The molecule has 1 aromatic carbocycles. The van der Waals surface area contributed by atoms with E-state index in [1.54, 1.807) is 18.3 Å². The van der Waals surface area contributed by atoms with Gasteiger partial charge in [-0.15, -0.1) is 0 Å². The molecule has 0 amide bonds. The summed E-state index contributed by atoms with van der Waals surface area (Å²) in [7, 11) is 0. The van der Waals surface area contributed by atoms with Crippen LogP contribution in [0.25, 0.3) is 0 Å². The molecule has 88 valence electrons. The molecule has 1 heterocycles. The molecule has 2 rings (SSSR count). The fourth-order valence-corrected chi connectivity index (χ4v) is 2.19. The van der Waals surface area contributed by atoms with Crippen LogP contribution in [0.15, 0.2) is 46.3 Å². The first-order valence-corrected chi connectivity index (χ1v) is 5.78. The van der Waals surface area contributed by atoms with Crippen molar-refractivity contribution in [2.75, 3.05) is 0 Å². The zero-order valence-corrected chi connectivity index (χ0v) is 9.68. The van der Waals surface area contributed by atoms with Gasteiger partial charge >= 0.3 is 0 Å². The highest BCUT2D eigenvalue weighted by molar-refractivity contribution is 7.99. The molecule has 0 bridgehead atoms. The minimum atomic E-state index is -0.579. The maximum atomic E-state index is 13.4. The molecule has 0 fully saturated rings. The van der Waals surface area contributed by atoms with E-state index in [0.717, 1.165) is 16.7 Å². The third kappa shape index (κ3) is 3.01. The fraction of sp³-hybridized carbons (Fsp3) is 0.0833. The van der Waals surface area contributed by atoms with Crippen molar-refractivity contribution in [1.82, 2.24) is 4.98 Å². The Hall–Kier alpha value is -1.46. The minimum absolute atomic E-state index is 0.334. The maximum Gasteiger partial charge on any atom is 0.140 e. The summed E-state index contributed by atoms with van der Waals surface area (Å²) in [6, 6.07) is 7.06. The zero-order valence-electron chi connectivity index (χ0n) is 8.86. The van der Waals surface area contributed by atoms with Crippen LogP contribution in [0.1, 0.15) is 5.69 Å². The Kier molecular flexibility index (Phi) is 3.71. The molecule has 0 spiro atoms. The monoisotopic (exact) mass is 252 g/mol. The molecule has 2 aromatic rings. The number of rotatable bonds is 3. The topological polar surface area (TPSA) is 38.9 Å². The van der Waals surface area contributed by atoms with Crippen molar-refractivity contribution in [1.29, 1.82) is 0 Å². The van der Waals surface area contributed by atoms with Gasteiger partial charge in [0.1, 0.15) is 11.6 Å². The molecule has 0 radical (unpaired) electrons. The number of benzene rings is 1. The van der Waals surface area contributed by atoms with E-state index in [1.165, 1.54) is 23.9 Å². The van der Waals surface area contributed by atoms with Crippen molar-refractivity contribution < 1.29 is 8.78 Å². The van der Waals surface area contributed by atoms with Crippen LogP contribution >= 0.6 is 11.8 Å². The fourth-order valence-electron chi connectivity index (χ4n) is 1.32. The van der Waals surface area contributed by atoms with Gasteiger partial charge in [-0.1, -0.05) is 11.8 Å². The Morgan fingerprint density at radius 2 is 2.00 bits per heavy atom. The van der Waals surface area contributed by atoms with Gasteiger partial charge in [0.2, 0.25) is 0 Å². The van der Waals surface area contributed by atoms with Crippen molar-refractivity contribution in [2.24, 2.45) is 5.73 Å². The first-order chi connectivity index (χ1) is 8.19. The number of hydrogen-bond acceptors (Lipinski definition) is 3. The molecule has 0 saturated carbocycles. The predicted octanol–water partition coefficient (Wildman–Crippen LogP) is 2.97. The lowest BCUT2D eigenvalue weighted by Gasteiger charge is -2.04. The van der Waals surface area contributed by atoms with Crippen molar-refractivity contribution in [2.45, 2.75) is 16.3 Å². The highest BCUT2D eigenvalue weighted by Crippen LogP contribution is 2.30. The summed E-state index contributed by atoms with van der Waals surface area (Å²) in [4.78, 5) is 5.24. The van der Waals surface area contributed by atoms with E-state index in [1.807, 2.05) is 0 Å². The summed E-state index contributed by atoms with van der Waals surface area (Å²) in [5.74, 6) is -1.15. The SMILES string of the molecule is NCc1cc(Sc2ccc(F)cc2F)ccn1. The predicted molar refractivity (Wildman–Crippen MR) is 62.6 cm³/mol. The Balaban J connectivity index is 2.25. The van der Waals surface area contributed by atoms with Crippen LogP contribution in [0.4, 0.5) is 8.78 Å². The highest BCUT2D eigenvalue weighted by Gasteiger charge is 2.06.